The number of nitrogens with zero attached hydrogens (tertiary/aromatic N) is 4. The number of aliphatic hydroxyl groups excluding tert-OH is 1. The van der Waals surface area contributed by atoms with Crippen LogP contribution in [-0.2, 0) is 4.74 Å². The molecule has 1 aromatic carbocycles. The van der Waals surface area contributed by atoms with Gasteiger partial charge in [0.2, 0.25) is 0 Å². The van der Waals surface area contributed by atoms with E-state index in [-0.39, 0.29) is 26.2 Å². The van der Waals surface area contributed by atoms with Crippen molar-refractivity contribution in [2.75, 3.05) is 67.6 Å². The number of alkyl halides is 3. The number of β-amino-alcohol motifs (C(OH)–C–C–N with tert-alkyl or cyclic N) is 1. The molecule has 42 heavy (non-hydrogen) atoms. The number of carbonyl (C=O) groups is 2. The van der Waals surface area contributed by atoms with E-state index in [2.05, 4.69) is 15.5 Å². The van der Waals surface area contributed by atoms with Gasteiger partial charge in [-0.2, -0.15) is 13.2 Å². The number of benzene rings is 1. The maximum atomic E-state index is 12.9. The number of hydrogen-bond acceptors (Lipinski definition) is 7. The average Bonchev–Trinajstić information content (AvgIpc) is 3.55. The Bertz CT molecular complexity index is 1310. The molecule has 3 amide bonds. The number of anilines is 3. The van der Waals surface area contributed by atoms with Crippen LogP contribution < -0.4 is 20.4 Å². The predicted octanol–water partition coefficient (Wildman–Crippen LogP) is 3.52. The zero-order valence-corrected chi connectivity index (χ0v) is 23.2. The summed E-state index contributed by atoms with van der Waals surface area (Å²) in [6.07, 6.45) is -6.96. The third-order valence-electron chi connectivity index (χ3n) is 7.95. The first kappa shape index (κ1) is 29.7. The maximum absolute atomic E-state index is 12.9. The van der Waals surface area contributed by atoms with Crippen molar-refractivity contribution >= 4 is 29.4 Å². The summed E-state index contributed by atoms with van der Waals surface area (Å²) in [7, 11) is 0. The maximum Gasteiger partial charge on any atom is 0.405 e. The molecule has 14 heteroatoms. The Kier molecular flexibility index (Phi) is 8.64. The number of carbonyl (C=O) groups excluding carboxylic acids is 1. The first-order valence-electron chi connectivity index (χ1n) is 14.0. The molecule has 1 aromatic heterocycles. The van der Waals surface area contributed by atoms with Crippen LogP contribution in [0.2, 0.25) is 0 Å². The van der Waals surface area contributed by atoms with Gasteiger partial charge in [0.25, 0.3) is 0 Å². The topological polar surface area (TPSA) is 130 Å². The minimum absolute atomic E-state index is 0.0557. The van der Waals surface area contributed by atoms with Crippen molar-refractivity contribution < 1.29 is 37.7 Å². The fraction of sp³-hybridized carbons (Fsp3) is 0.536. The monoisotopic (exact) mass is 592 g/mol. The van der Waals surface area contributed by atoms with Gasteiger partial charge < -0.3 is 40.3 Å². The number of ether oxygens (including phenoxy) is 1. The van der Waals surface area contributed by atoms with Crippen LogP contribution in [0.3, 0.4) is 0 Å². The SMILES string of the molecule is Cc1ccc(NC(=O)N2CC[C@@H](CC(F)(F)F)C2)cc1-c1cc(N2CCOCC2)nc(N2C[C@H](NC(=O)O)[C@@H](O)C2)c1. The van der Waals surface area contributed by atoms with Crippen LogP contribution in [0.15, 0.2) is 30.3 Å². The number of urea groups is 1. The lowest BCUT2D eigenvalue weighted by atomic mass is 10.00. The number of halogens is 3. The van der Waals surface area contributed by atoms with E-state index < -0.39 is 42.8 Å². The summed E-state index contributed by atoms with van der Waals surface area (Å²) >= 11 is 0. The van der Waals surface area contributed by atoms with Gasteiger partial charge in [-0.15, -0.1) is 0 Å². The van der Waals surface area contributed by atoms with Gasteiger partial charge in [-0.1, -0.05) is 6.07 Å². The number of likely N-dealkylation sites (tertiary alicyclic amines) is 1. The molecule has 11 nitrogen and oxygen atoms in total. The van der Waals surface area contributed by atoms with E-state index in [1.807, 2.05) is 36.1 Å². The molecular formula is C28H35F3N6O5. The van der Waals surface area contributed by atoms with Gasteiger partial charge in [-0.3, -0.25) is 0 Å². The van der Waals surface area contributed by atoms with Gasteiger partial charge in [0, 0.05) is 51.4 Å². The molecule has 3 fully saturated rings. The highest BCUT2D eigenvalue weighted by atomic mass is 19.4. The van der Waals surface area contributed by atoms with Crippen molar-refractivity contribution in [1.82, 2.24) is 15.2 Å². The molecule has 4 N–H and O–H groups in total. The van der Waals surface area contributed by atoms with E-state index >= 15 is 0 Å². The summed E-state index contributed by atoms with van der Waals surface area (Å²) in [6.45, 7) is 5.08. The summed E-state index contributed by atoms with van der Waals surface area (Å²) < 4.78 is 43.9. The molecule has 228 valence electrons. The zero-order valence-electron chi connectivity index (χ0n) is 23.2. The summed E-state index contributed by atoms with van der Waals surface area (Å²) in [5, 5.41) is 24.8. The standard InChI is InChI=1S/C28H35F3N6O5/c1-17-2-3-20(32-26(39)36-5-4-18(14-36)13-28(29,30)31)12-21(17)19-10-24(35-6-8-42-9-7-35)34-25(11-19)37-15-22(23(38)16-37)33-27(40)41/h2-3,10-12,18,22-23,33,38H,4-9,13-16H2,1H3,(H,32,39)(H,40,41)/t18-,22-,23-/m0/s1. The van der Waals surface area contributed by atoms with Gasteiger partial charge in [-0.05, 0) is 60.2 Å². The number of carboxylic acid groups (broad SMARTS) is 1. The molecule has 0 saturated carbocycles. The Hall–Kier alpha value is -3.78. The zero-order chi connectivity index (χ0) is 30.0. The van der Waals surface area contributed by atoms with Crippen LogP contribution in [0.5, 0.6) is 0 Å². The summed E-state index contributed by atoms with van der Waals surface area (Å²) in [6, 6.07) is 8.15. The largest absolute Gasteiger partial charge is 0.465 e. The Labute approximate surface area is 241 Å². The molecule has 2 aromatic rings. The van der Waals surface area contributed by atoms with E-state index in [9.17, 15) is 27.9 Å². The molecule has 0 bridgehead atoms. The lowest BCUT2D eigenvalue weighted by Crippen LogP contribution is -2.42. The first-order valence-corrected chi connectivity index (χ1v) is 14.0. The fourth-order valence-electron chi connectivity index (χ4n) is 5.77. The molecule has 4 heterocycles. The molecule has 3 saturated heterocycles. The fourth-order valence-corrected chi connectivity index (χ4v) is 5.77. The van der Waals surface area contributed by atoms with Crippen molar-refractivity contribution in [3.8, 4) is 11.1 Å². The van der Waals surface area contributed by atoms with E-state index in [0.717, 1.165) is 16.7 Å². The Morgan fingerprint density at radius 3 is 2.45 bits per heavy atom. The quantitative estimate of drug-likeness (QED) is 0.401. The van der Waals surface area contributed by atoms with E-state index in [4.69, 9.17) is 14.8 Å². The third kappa shape index (κ3) is 7.16. The number of pyridine rings is 1. The van der Waals surface area contributed by atoms with Crippen LogP contribution in [0, 0.1) is 12.8 Å². The highest BCUT2D eigenvalue weighted by Crippen LogP contribution is 2.34. The number of nitrogens with one attached hydrogen (secondary N) is 2. The number of morpholine rings is 1. The summed E-state index contributed by atoms with van der Waals surface area (Å²) in [4.78, 5) is 34.3. The molecule has 0 unspecified atom stereocenters. The van der Waals surface area contributed by atoms with Crippen LogP contribution in [0.1, 0.15) is 18.4 Å². The predicted molar refractivity (Wildman–Crippen MR) is 150 cm³/mol. The van der Waals surface area contributed by atoms with Gasteiger partial charge in [0.15, 0.2) is 0 Å². The van der Waals surface area contributed by atoms with Crippen LogP contribution in [0.25, 0.3) is 11.1 Å². The second-order valence-electron chi connectivity index (χ2n) is 11.1. The first-order chi connectivity index (χ1) is 19.9. The van der Waals surface area contributed by atoms with E-state index in [0.29, 0.717) is 50.0 Å². The number of aryl methyl sites for hydroxylation is 1. The van der Waals surface area contributed by atoms with Crippen molar-refractivity contribution in [3.63, 3.8) is 0 Å². The molecule has 0 spiro atoms. The van der Waals surface area contributed by atoms with Gasteiger partial charge in [0.1, 0.15) is 11.6 Å². The Balaban J connectivity index is 1.40. The van der Waals surface area contributed by atoms with Crippen molar-refractivity contribution in [1.29, 1.82) is 0 Å². The van der Waals surface area contributed by atoms with Gasteiger partial charge in [0.05, 0.1) is 25.4 Å². The Morgan fingerprint density at radius 2 is 1.76 bits per heavy atom. The summed E-state index contributed by atoms with van der Waals surface area (Å²) in [5.74, 6) is 0.675. The molecule has 5 rings (SSSR count). The number of rotatable bonds is 6. The number of amides is 3. The highest BCUT2D eigenvalue weighted by Gasteiger charge is 2.37. The molecule has 3 aliphatic rings. The lowest BCUT2D eigenvalue weighted by molar-refractivity contribution is -0.143. The van der Waals surface area contributed by atoms with E-state index in [1.54, 1.807) is 6.07 Å². The second kappa shape index (κ2) is 12.2. The van der Waals surface area contributed by atoms with Crippen molar-refractivity contribution in [3.05, 3.63) is 35.9 Å². The molecule has 3 atom stereocenters. The van der Waals surface area contributed by atoms with Crippen molar-refractivity contribution in [2.45, 2.75) is 38.1 Å². The van der Waals surface area contributed by atoms with Crippen LogP contribution in [0.4, 0.5) is 40.1 Å². The number of aliphatic hydroxyl groups is 1. The van der Waals surface area contributed by atoms with Gasteiger partial charge >= 0.3 is 18.3 Å². The molecule has 0 aliphatic carbocycles. The highest BCUT2D eigenvalue weighted by molar-refractivity contribution is 5.91. The lowest BCUT2D eigenvalue weighted by Gasteiger charge is -2.29. The minimum Gasteiger partial charge on any atom is -0.465 e. The van der Waals surface area contributed by atoms with Crippen molar-refractivity contribution in [2.24, 2.45) is 5.92 Å². The smallest absolute Gasteiger partial charge is 0.405 e. The van der Waals surface area contributed by atoms with Gasteiger partial charge in [-0.25, -0.2) is 14.6 Å². The minimum atomic E-state index is -4.26. The second-order valence-corrected chi connectivity index (χ2v) is 11.1. The molecule has 0 radical (unpaired) electrons. The van der Waals surface area contributed by atoms with Crippen LogP contribution >= 0.6 is 0 Å². The molecular weight excluding hydrogens is 557 g/mol. The number of aromatic nitrogens is 1. The molecule has 3 aliphatic heterocycles. The average molecular weight is 593 g/mol. The van der Waals surface area contributed by atoms with Crippen LogP contribution in [-0.4, -0.2) is 103 Å². The third-order valence-corrected chi connectivity index (χ3v) is 7.95. The number of hydrogen-bond donors (Lipinski definition) is 4. The Morgan fingerprint density at radius 1 is 1.05 bits per heavy atom. The van der Waals surface area contributed by atoms with E-state index in [1.165, 1.54) is 4.90 Å². The normalized spacial score (nSPS) is 22.9. The summed E-state index contributed by atoms with van der Waals surface area (Å²) in [5.41, 5.74) is 3.07.